The summed E-state index contributed by atoms with van der Waals surface area (Å²) in [4.78, 5) is -0.496. The van der Waals surface area contributed by atoms with Crippen molar-refractivity contribution in [2.75, 3.05) is 18.8 Å². The number of rotatable bonds is 5. The third-order valence-electron chi connectivity index (χ3n) is 2.59. The summed E-state index contributed by atoms with van der Waals surface area (Å²) >= 11 is 3.04. The van der Waals surface area contributed by atoms with Crippen LogP contribution in [0.5, 0.6) is 0 Å². The van der Waals surface area contributed by atoms with Crippen molar-refractivity contribution >= 4 is 31.6 Å². The molecule has 0 unspecified atom stereocenters. The zero-order valence-corrected chi connectivity index (χ0v) is 13.9. The SMILES string of the molecule is CCN(CC(C)(C)O)S(=O)(=O)c1cc(N)c(Br)cc1F. The lowest BCUT2D eigenvalue weighted by atomic mass is 10.1. The number of sulfonamides is 1. The van der Waals surface area contributed by atoms with Gasteiger partial charge in [0, 0.05) is 23.2 Å². The van der Waals surface area contributed by atoms with Gasteiger partial charge in [-0.1, -0.05) is 6.92 Å². The van der Waals surface area contributed by atoms with E-state index in [9.17, 15) is 17.9 Å². The van der Waals surface area contributed by atoms with Gasteiger partial charge in [-0.15, -0.1) is 0 Å². The van der Waals surface area contributed by atoms with Gasteiger partial charge >= 0.3 is 0 Å². The molecule has 0 amide bonds. The molecule has 3 N–H and O–H groups in total. The van der Waals surface area contributed by atoms with Crippen molar-refractivity contribution in [3.05, 3.63) is 22.4 Å². The van der Waals surface area contributed by atoms with E-state index in [1.165, 1.54) is 13.8 Å². The van der Waals surface area contributed by atoms with Gasteiger partial charge in [-0.3, -0.25) is 0 Å². The number of nitrogens with two attached hydrogens (primary N) is 1. The minimum Gasteiger partial charge on any atom is -0.398 e. The molecule has 0 heterocycles. The molecule has 0 bridgehead atoms. The van der Waals surface area contributed by atoms with Crippen molar-refractivity contribution in [2.24, 2.45) is 0 Å². The Morgan fingerprint density at radius 3 is 2.45 bits per heavy atom. The molecule has 0 aliphatic heterocycles. The monoisotopic (exact) mass is 368 g/mol. The van der Waals surface area contributed by atoms with E-state index >= 15 is 0 Å². The van der Waals surface area contributed by atoms with E-state index in [4.69, 9.17) is 5.73 Å². The highest BCUT2D eigenvalue weighted by atomic mass is 79.9. The van der Waals surface area contributed by atoms with Crippen LogP contribution in [0.25, 0.3) is 0 Å². The predicted molar refractivity (Wildman–Crippen MR) is 79.2 cm³/mol. The Hall–Kier alpha value is -0.700. The van der Waals surface area contributed by atoms with Gasteiger partial charge in [0.25, 0.3) is 0 Å². The Morgan fingerprint density at radius 1 is 1.45 bits per heavy atom. The van der Waals surface area contributed by atoms with Gasteiger partial charge in [0.15, 0.2) is 0 Å². The molecular weight excluding hydrogens is 351 g/mol. The van der Waals surface area contributed by atoms with E-state index in [0.29, 0.717) is 4.47 Å². The van der Waals surface area contributed by atoms with Crippen molar-refractivity contribution in [3.63, 3.8) is 0 Å². The molecule has 1 rings (SSSR count). The maximum Gasteiger partial charge on any atom is 0.246 e. The van der Waals surface area contributed by atoms with Gasteiger partial charge in [0.1, 0.15) is 10.7 Å². The lowest BCUT2D eigenvalue weighted by Crippen LogP contribution is -2.42. The van der Waals surface area contributed by atoms with E-state index < -0.39 is 26.3 Å². The quantitative estimate of drug-likeness (QED) is 0.778. The number of likely N-dealkylation sites (N-methyl/N-ethyl adjacent to an activating group) is 1. The fraction of sp³-hybridized carbons (Fsp3) is 0.500. The van der Waals surface area contributed by atoms with Crippen LogP contribution in [0.3, 0.4) is 0 Å². The van der Waals surface area contributed by atoms with E-state index in [0.717, 1.165) is 16.4 Å². The number of hydrogen-bond donors (Lipinski definition) is 2. The van der Waals surface area contributed by atoms with E-state index in [1.54, 1.807) is 6.92 Å². The second kappa shape index (κ2) is 5.97. The molecular formula is C12H18BrFN2O3S. The second-order valence-electron chi connectivity index (χ2n) is 5.05. The molecule has 0 aliphatic rings. The number of halogens is 2. The van der Waals surface area contributed by atoms with Crippen molar-refractivity contribution in [2.45, 2.75) is 31.3 Å². The molecule has 8 heteroatoms. The van der Waals surface area contributed by atoms with Crippen LogP contribution in [0.4, 0.5) is 10.1 Å². The normalized spacial score (nSPS) is 12.9. The van der Waals surface area contributed by atoms with Gasteiger partial charge < -0.3 is 10.8 Å². The summed E-state index contributed by atoms with van der Waals surface area (Å²) in [6.45, 7) is 4.56. The zero-order chi connectivity index (χ0) is 15.7. The Labute approximate surface area is 126 Å². The summed E-state index contributed by atoms with van der Waals surface area (Å²) in [7, 11) is -4.06. The highest BCUT2D eigenvalue weighted by Crippen LogP contribution is 2.28. The molecule has 0 saturated carbocycles. The van der Waals surface area contributed by atoms with Crippen LogP contribution in [-0.4, -0.2) is 36.5 Å². The Morgan fingerprint density at radius 2 is 2.00 bits per heavy atom. The molecule has 0 aliphatic carbocycles. The molecule has 0 spiro atoms. The van der Waals surface area contributed by atoms with Crippen LogP contribution in [-0.2, 0) is 10.0 Å². The number of aliphatic hydroxyl groups is 1. The molecule has 0 radical (unpaired) electrons. The molecule has 1 aromatic carbocycles. The molecule has 20 heavy (non-hydrogen) atoms. The Kier molecular flexibility index (Phi) is 5.18. The van der Waals surface area contributed by atoms with Gasteiger partial charge in [0.2, 0.25) is 10.0 Å². The molecule has 5 nitrogen and oxygen atoms in total. The first-order valence-corrected chi connectivity index (χ1v) is 8.19. The predicted octanol–water partition coefficient (Wildman–Crippen LogP) is 1.95. The fourth-order valence-electron chi connectivity index (χ4n) is 1.68. The summed E-state index contributed by atoms with van der Waals surface area (Å²) in [6.07, 6.45) is 0. The highest BCUT2D eigenvalue weighted by Gasteiger charge is 2.31. The van der Waals surface area contributed by atoms with Crippen LogP contribution in [0.2, 0.25) is 0 Å². The minimum atomic E-state index is -4.06. The molecule has 1 aromatic rings. The largest absolute Gasteiger partial charge is 0.398 e. The number of nitrogens with zero attached hydrogens (tertiary/aromatic N) is 1. The smallest absolute Gasteiger partial charge is 0.246 e. The zero-order valence-electron chi connectivity index (χ0n) is 11.5. The van der Waals surface area contributed by atoms with Crippen molar-refractivity contribution < 1.29 is 17.9 Å². The first-order valence-electron chi connectivity index (χ1n) is 5.96. The van der Waals surface area contributed by atoms with Crippen molar-refractivity contribution in [1.82, 2.24) is 4.31 Å². The highest BCUT2D eigenvalue weighted by molar-refractivity contribution is 9.10. The summed E-state index contributed by atoms with van der Waals surface area (Å²) < 4.78 is 40.1. The van der Waals surface area contributed by atoms with E-state index in [1.807, 2.05) is 0 Å². The van der Waals surface area contributed by atoms with Crippen LogP contribution in [0.15, 0.2) is 21.5 Å². The summed E-state index contributed by atoms with van der Waals surface area (Å²) in [5, 5.41) is 9.77. The third kappa shape index (κ3) is 3.91. The lowest BCUT2D eigenvalue weighted by Gasteiger charge is -2.27. The number of nitrogen functional groups attached to an aromatic ring is 1. The molecule has 0 atom stereocenters. The lowest BCUT2D eigenvalue weighted by molar-refractivity contribution is 0.0601. The molecule has 0 aromatic heterocycles. The molecule has 0 fully saturated rings. The van der Waals surface area contributed by atoms with Crippen LogP contribution in [0.1, 0.15) is 20.8 Å². The number of benzene rings is 1. The maximum absolute atomic E-state index is 13.9. The van der Waals surface area contributed by atoms with Crippen molar-refractivity contribution in [3.8, 4) is 0 Å². The van der Waals surface area contributed by atoms with Crippen LogP contribution >= 0.6 is 15.9 Å². The number of hydrogen-bond acceptors (Lipinski definition) is 4. The van der Waals surface area contributed by atoms with Crippen molar-refractivity contribution in [1.29, 1.82) is 0 Å². The summed E-state index contributed by atoms with van der Waals surface area (Å²) in [6, 6.07) is 2.09. The Bertz CT molecular complexity index is 599. The summed E-state index contributed by atoms with van der Waals surface area (Å²) in [5.74, 6) is -0.889. The van der Waals surface area contributed by atoms with Gasteiger partial charge in [0.05, 0.1) is 5.60 Å². The molecule has 0 saturated heterocycles. The fourth-order valence-corrected chi connectivity index (χ4v) is 3.68. The van der Waals surface area contributed by atoms with E-state index in [2.05, 4.69) is 15.9 Å². The molecule has 114 valence electrons. The van der Waals surface area contributed by atoms with Gasteiger partial charge in [-0.05, 0) is 41.9 Å². The average molecular weight is 369 g/mol. The van der Waals surface area contributed by atoms with Gasteiger partial charge in [-0.25, -0.2) is 12.8 Å². The Balaban J connectivity index is 3.31. The summed E-state index contributed by atoms with van der Waals surface area (Å²) in [5.41, 5.74) is 4.52. The average Bonchev–Trinajstić information content (AvgIpc) is 2.29. The first kappa shape index (κ1) is 17.4. The topological polar surface area (TPSA) is 83.6 Å². The van der Waals surface area contributed by atoms with Crippen LogP contribution in [0, 0.1) is 5.82 Å². The second-order valence-corrected chi connectivity index (χ2v) is 7.81. The van der Waals surface area contributed by atoms with Gasteiger partial charge in [-0.2, -0.15) is 4.31 Å². The third-order valence-corrected chi connectivity index (χ3v) is 5.21. The maximum atomic E-state index is 13.9. The minimum absolute atomic E-state index is 0.113. The van der Waals surface area contributed by atoms with E-state index in [-0.39, 0.29) is 18.8 Å². The standard InChI is InChI=1S/C12H18BrFN2O3S/c1-4-16(7-12(2,3)17)20(18,19)11-6-10(15)8(13)5-9(11)14/h5-6,17H,4,7,15H2,1-3H3. The van der Waals surface area contributed by atoms with Crippen LogP contribution < -0.4 is 5.73 Å². The first-order chi connectivity index (χ1) is 8.99. The number of anilines is 1.